The van der Waals surface area contributed by atoms with Crippen LogP contribution in [0.5, 0.6) is 5.75 Å². The van der Waals surface area contributed by atoms with Crippen molar-refractivity contribution in [2.45, 2.75) is 32.0 Å². The van der Waals surface area contributed by atoms with E-state index in [1.54, 1.807) is 12.1 Å². The zero-order valence-corrected chi connectivity index (χ0v) is 15.6. The van der Waals surface area contributed by atoms with Gasteiger partial charge in [-0.25, -0.2) is 8.78 Å². The summed E-state index contributed by atoms with van der Waals surface area (Å²) < 4.78 is 38.5. The molecule has 3 aromatic rings. The number of hydrogen-bond acceptors (Lipinski definition) is 6. The molecule has 0 atom stereocenters. The van der Waals surface area contributed by atoms with E-state index in [9.17, 15) is 8.78 Å². The number of furan rings is 1. The van der Waals surface area contributed by atoms with Crippen molar-refractivity contribution in [1.29, 1.82) is 0 Å². The van der Waals surface area contributed by atoms with Gasteiger partial charge >= 0.3 is 0 Å². The second kappa shape index (κ2) is 8.81. The smallest absolute Gasteiger partial charge is 0.299 e. The second-order valence-electron chi connectivity index (χ2n) is 5.49. The van der Waals surface area contributed by atoms with E-state index < -0.39 is 12.2 Å². The quantitative estimate of drug-likeness (QED) is 0.411. The summed E-state index contributed by atoms with van der Waals surface area (Å²) in [4.78, 5) is 0. The van der Waals surface area contributed by atoms with Gasteiger partial charge in [0.2, 0.25) is 11.0 Å². The lowest BCUT2D eigenvalue weighted by Gasteiger charge is -2.06. The van der Waals surface area contributed by atoms with Gasteiger partial charge in [-0.15, -0.1) is 10.2 Å². The van der Waals surface area contributed by atoms with Gasteiger partial charge in [-0.1, -0.05) is 36.9 Å². The first-order valence-electron chi connectivity index (χ1n) is 8.26. The van der Waals surface area contributed by atoms with Crippen LogP contribution in [0.4, 0.5) is 8.78 Å². The van der Waals surface area contributed by atoms with Crippen LogP contribution >= 0.6 is 11.8 Å². The van der Waals surface area contributed by atoms with Gasteiger partial charge in [0.25, 0.3) is 6.43 Å². The Morgan fingerprint density at radius 1 is 1.26 bits per heavy atom. The van der Waals surface area contributed by atoms with Crippen molar-refractivity contribution < 1.29 is 17.9 Å². The number of halogens is 2. The zero-order valence-electron chi connectivity index (χ0n) is 14.8. The van der Waals surface area contributed by atoms with Gasteiger partial charge in [-0.2, -0.15) is 9.78 Å². The Morgan fingerprint density at radius 2 is 2.07 bits per heavy atom. The van der Waals surface area contributed by atoms with E-state index in [0.29, 0.717) is 22.4 Å². The van der Waals surface area contributed by atoms with Crippen LogP contribution in [-0.2, 0) is 6.61 Å². The predicted octanol–water partition coefficient (Wildman–Crippen LogP) is 4.69. The van der Waals surface area contributed by atoms with E-state index in [1.165, 1.54) is 18.0 Å². The zero-order chi connectivity index (χ0) is 19.2. The van der Waals surface area contributed by atoms with Crippen molar-refractivity contribution in [1.82, 2.24) is 14.9 Å². The molecular formula is C18H18F2N4O2S. The molecule has 0 aliphatic rings. The molecule has 2 heterocycles. The maximum absolute atomic E-state index is 13.1. The largest absolute Gasteiger partial charge is 0.485 e. The lowest BCUT2D eigenvalue weighted by atomic mass is 10.2. The molecule has 142 valence electrons. The summed E-state index contributed by atoms with van der Waals surface area (Å²) in [5.74, 6) is 1.95. The van der Waals surface area contributed by atoms with Gasteiger partial charge < -0.3 is 9.15 Å². The molecule has 0 fully saturated rings. The Balaban J connectivity index is 1.70. The third-order valence-corrected chi connectivity index (χ3v) is 4.35. The van der Waals surface area contributed by atoms with Gasteiger partial charge in [-0.05, 0) is 36.4 Å². The highest BCUT2D eigenvalue weighted by atomic mass is 32.2. The van der Waals surface area contributed by atoms with Gasteiger partial charge in [0.15, 0.2) is 0 Å². The van der Waals surface area contributed by atoms with Crippen molar-refractivity contribution in [3.05, 3.63) is 59.3 Å². The van der Waals surface area contributed by atoms with E-state index in [4.69, 9.17) is 9.15 Å². The topological polar surface area (TPSA) is 65.4 Å². The summed E-state index contributed by atoms with van der Waals surface area (Å²) in [7, 11) is 0. The summed E-state index contributed by atoms with van der Waals surface area (Å²) in [6.45, 7) is 4.11. The molecular weight excluding hydrogens is 374 g/mol. The molecule has 2 aromatic heterocycles. The predicted molar refractivity (Wildman–Crippen MR) is 98.6 cm³/mol. The number of alkyl halides is 2. The maximum atomic E-state index is 13.1. The van der Waals surface area contributed by atoms with Crippen LogP contribution in [0.25, 0.3) is 0 Å². The average molecular weight is 392 g/mol. The normalized spacial score (nSPS) is 11.6. The molecule has 0 unspecified atom stereocenters. The van der Waals surface area contributed by atoms with Crippen molar-refractivity contribution in [3.8, 4) is 5.75 Å². The lowest BCUT2D eigenvalue weighted by Crippen LogP contribution is -2.00. The fourth-order valence-electron chi connectivity index (χ4n) is 2.26. The minimum Gasteiger partial charge on any atom is -0.485 e. The number of para-hydroxylation sites is 1. The number of hydrogen-bond donors (Lipinski definition) is 0. The maximum Gasteiger partial charge on any atom is 0.299 e. The number of nitrogens with zero attached hydrogens (tertiary/aromatic N) is 4. The third-order valence-electron chi connectivity index (χ3n) is 3.55. The number of benzene rings is 1. The molecule has 0 aliphatic heterocycles. The number of thioether (sulfide) groups is 1. The summed E-state index contributed by atoms with van der Waals surface area (Å²) in [5.41, 5.74) is 1.03. The fourth-order valence-corrected chi connectivity index (χ4v) is 2.88. The molecule has 0 radical (unpaired) electrons. The third kappa shape index (κ3) is 4.73. The first-order chi connectivity index (χ1) is 13.1. The molecule has 6 nitrogen and oxygen atoms in total. The molecule has 3 rings (SSSR count). The van der Waals surface area contributed by atoms with Crippen LogP contribution in [-0.4, -0.2) is 26.8 Å². The molecule has 0 aliphatic carbocycles. The van der Waals surface area contributed by atoms with Gasteiger partial charge in [0.05, 0.1) is 6.21 Å². The number of ether oxygens (including phenoxy) is 1. The van der Waals surface area contributed by atoms with Crippen LogP contribution in [0, 0.1) is 6.92 Å². The van der Waals surface area contributed by atoms with E-state index in [-0.39, 0.29) is 6.61 Å². The SMILES string of the molecule is CCSc1nnc(C(F)F)n1N=Cc1ccc(COc2ccccc2C)o1. The van der Waals surface area contributed by atoms with E-state index in [2.05, 4.69) is 15.3 Å². The van der Waals surface area contributed by atoms with E-state index in [1.807, 2.05) is 38.1 Å². The molecule has 0 amide bonds. The number of aromatic nitrogens is 3. The molecule has 0 N–H and O–H groups in total. The number of rotatable bonds is 8. The van der Waals surface area contributed by atoms with Crippen LogP contribution in [0.1, 0.15) is 36.3 Å². The highest BCUT2D eigenvalue weighted by Crippen LogP contribution is 2.23. The Labute approximate surface area is 159 Å². The highest BCUT2D eigenvalue weighted by molar-refractivity contribution is 7.99. The van der Waals surface area contributed by atoms with Crippen LogP contribution in [0.2, 0.25) is 0 Å². The van der Waals surface area contributed by atoms with Crippen molar-refractivity contribution in [2.75, 3.05) is 5.75 Å². The highest BCUT2D eigenvalue weighted by Gasteiger charge is 2.20. The van der Waals surface area contributed by atoms with Crippen LogP contribution in [0.15, 0.2) is 51.1 Å². The van der Waals surface area contributed by atoms with E-state index >= 15 is 0 Å². The summed E-state index contributed by atoms with van der Waals surface area (Å²) in [6, 6.07) is 11.1. The second-order valence-corrected chi connectivity index (χ2v) is 6.72. The van der Waals surface area contributed by atoms with Crippen LogP contribution < -0.4 is 4.74 Å². The van der Waals surface area contributed by atoms with Gasteiger partial charge in [-0.3, -0.25) is 0 Å². The standard InChI is InChI=1S/C18H18F2N4O2S/c1-3-27-18-23-22-17(16(19)20)24(18)21-10-13-8-9-14(26-13)11-25-15-7-5-4-6-12(15)2/h4-10,16H,3,11H2,1-2H3. The first-order valence-corrected chi connectivity index (χ1v) is 9.24. The summed E-state index contributed by atoms with van der Waals surface area (Å²) >= 11 is 1.28. The Hall–Kier alpha value is -2.68. The average Bonchev–Trinajstić information content (AvgIpc) is 3.26. The molecule has 9 heteroatoms. The molecule has 0 saturated carbocycles. The Morgan fingerprint density at radius 3 is 2.81 bits per heavy atom. The Kier molecular flexibility index (Phi) is 6.23. The summed E-state index contributed by atoms with van der Waals surface area (Å²) in [6.07, 6.45) is -1.41. The van der Waals surface area contributed by atoms with Crippen molar-refractivity contribution in [2.24, 2.45) is 5.10 Å². The van der Waals surface area contributed by atoms with Gasteiger partial charge in [0, 0.05) is 0 Å². The summed E-state index contributed by atoms with van der Waals surface area (Å²) in [5, 5.41) is 11.6. The fraction of sp³-hybridized carbons (Fsp3) is 0.278. The van der Waals surface area contributed by atoms with E-state index in [0.717, 1.165) is 16.0 Å². The Bertz CT molecular complexity index is 924. The molecule has 0 spiro atoms. The van der Waals surface area contributed by atoms with Crippen molar-refractivity contribution >= 4 is 18.0 Å². The van der Waals surface area contributed by atoms with Gasteiger partial charge in [0.1, 0.15) is 23.9 Å². The minimum atomic E-state index is -2.77. The first kappa shape index (κ1) is 19.1. The van der Waals surface area contributed by atoms with Crippen molar-refractivity contribution in [3.63, 3.8) is 0 Å². The minimum absolute atomic E-state index is 0.255. The monoisotopic (exact) mass is 392 g/mol. The lowest BCUT2D eigenvalue weighted by molar-refractivity contribution is 0.135. The molecule has 0 bridgehead atoms. The van der Waals surface area contributed by atoms with Crippen LogP contribution in [0.3, 0.4) is 0 Å². The molecule has 0 saturated heterocycles. The molecule has 27 heavy (non-hydrogen) atoms. The molecule has 1 aromatic carbocycles. The number of aryl methyl sites for hydroxylation is 1.